The van der Waals surface area contributed by atoms with E-state index in [-0.39, 0.29) is 11.8 Å². The van der Waals surface area contributed by atoms with Crippen molar-refractivity contribution in [3.63, 3.8) is 0 Å². The third kappa shape index (κ3) is 3.46. The fraction of sp³-hybridized carbons (Fsp3) is 0.727. The van der Waals surface area contributed by atoms with E-state index in [2.05, 4.69) is 22.0 Å². The number of aromatic nitrogens is 3. The van der Waals surface area contributed by atoms with Crippen LogP contribution in [0.15, 0.2) is 11.5 Å². The molecule has 1 N–H and O–H groups in total. The molecule has 0 spiro atoms. The minimum absolute atomic E-state index is 0.0229. The molecular weight excluding hydrogens is 252 g/mol. The van der Waals surface area contributed by atoms with E-state index in [9.17, 15) is 4.79 Å². The predicted octanol–water partition coefficient (Wildman–Crippen LogP) is 1.11. The molecule has 0 bridgehead atoms. The summed E-state index contributed by atoms with van der Waals surface area (Å²) < 4.78 is 1.96. The third-order valence-electron chi connectivity index (χ3n) is 3.06. The Bertz CT molecular complexity index is 404. The van der Waals surface area contributed by atoms with Crippen molar-refractivity contribution in [3.05, 3.63) is 6.33 Å². The van der Waals surface area contributed by atoms with Crippen molar-refractivity contribution in [2.45, 2.75) is 31.0 Å². The van der Waals surface area contributed by atoms with Gasteiger partial charge in [0.25, 0.3) is 0 Å². The first-order valence-electron chi connectivity index (χ1n) is 6.13. The molecule has 6 nitrogen and oxygen atoms in total. The van der Waals surface area contributed by atoms with Gasteiger partial charge in [0.2, 0.25) is 0 Å². The van der Waals surface area contributed by atoms with Gasteiger partial charge in [-0.05, 0) is 32.9 Å². The lowest BCUT2D eigenvalue weighted by Crippen LogP contribution is -2.27. The molecule has 0 saturated carbocycles. The summed E-state index contributed by atoms with van der Waals surface area (Å²) in [6, 6.07) is 0.273. The fourth-order valence-corrected chi connectivity index (χ4v) is 2.92. The number of aliphatic carboxylic acids is 1. The van der Waals surface area contributed by atoms with Crippen molar-refractivity contribution in [1.82, 2.24) is 19.7 Å². The van der Waals surface area contributed by atoms with Gasteiger partial charge in [-0.2, -0.15) is 0 Å². The molecule has 7 heteroatoms. The zero-order valence-corrected chi connectivity index (χ0v) is 11.3. The first-order valence-corrected chi connectivity index (χ1v) is 7.12. The molecular formula is C11H18N4O2S. The lowest BCUT2D eigenvalue weighted by atomic mass is 10.3. The number of hydrogen-bond acceptors (Lipinski definition) is 5. The summed E-state index contributed by atoms with van der Waals surface area (Å²) in [4.78, 5) is 13.0. The number of rotatable bonds is 6. The maximum absolute atomic E-state index is 10.6. The standard InChI is InChI=1S/C11H18N4O2S/c1-9(6-14-4-2-3-5-14)15-8-12-13-11(15)18-7-10(16)17/h8-9H,2-7H2,1H3,(H,16,17). The van der Waals surface area contributed by atoms with Crippen LogP contribution in [-0.2, 0) is 4.79 Å². The highest BCUT2D eigenvalue weighted by Gasteiger charge is 2.18. The number of carboxylic acid groups (broad SMARTS) is 1. The minimum Gasteiger partial charge on any atom is -0.481 e. The average Bonchev–Trinajstić information content (AvgIpc) is 2.96. The first kappa shape index (κ1) is 13.4. The van der Waals surface area contributed by atoms with E-state index in [4.69, 9.17) is 5.11 Å². The zero-order chi connectivity index (χ0) is 13.0. The molecule has 18 heavy (non-hydrogen) atoms. The number of carboxylic acids is 1. The van der Waals surface area contributed by atoms with Crippen LogP contribution in [0, 0.1) is 0 Å². The van der Waals surface area contributed by atoms with E-state index >= 15 is 0 Å². The Morgan fingerprint density at radius 2 is 2.28 bits per heavy atom. The maximum Gasteiger partial charge on any atom is 0.313 e. The summed E-state index contributed by atoms with van der Waals surface area (Å²) in [7, 11) is 0. The minimum atomic E-state index is -0.832. The van der Waals surface area contributed by atoms with Crippen LogP contribution in [0.2, 0.25) is 0 Å². The second-order valence-corrected chi connectivity index (χ2v) is 5.50. The second-order valence-electron chi connectivity index (χ2n) is 4.56. The van der Waals surface area contributed by atoms with E-state index in [0.29, 0.717) is 5.16 Å². The summed E-state index contributed by atoms with van der Waals surface area (Å²) in [5, 5.41) is 17.2. The van der Waals surface area contributed by atoms with Crippen LogP contribution in [-0.4, -0.2) is 56.1 Å². The highest BCUT2D eigenvalue weighted by Crippen LogP contribution is 2.20. The van der Waals surface area contributed by atoms with Gasteiger partial charge >= 0.3 is 5.97 Å². The molecule has 1 atom stereocenters. The van der Waals surface area contributed by atoms with Crippen LogP contribution < -0.4 is 0 Å². The molecule has 1 unspecified atom stereocenters. The van der Waals surface area contributed by atoms with Gasteiger partial charge < -0.3 is 14.6 Å². The van der Waals surface area contributed by atoms with Gasteiger partial charge in [-0.25, -0.2) is 0 Å². The Morgan fingerprint density at radius 3 is 2.94 bits per heavy atom. The zero-order valence-electron chi connectivity index (χ0n) is 10.4. The third-order valence-corrected chi connectivity index (χ3v) is 4.00. The fourth-order valence-electron chi connectivity index (χ4n) is 2.19. The van der Waals surface area contributed by atoms with E-state index in [1.807, 2.05) is 4.57 Å². The van der Waals surface area contributed by atoms with Gasteiger partial charge in [-0.3, -0.25) is 4.79 Å². The molecule has 2 rings (SSSR count). The highest BCUT2D eigenvalue weighted by molar-refractivity contribution is 7.99. The van der Waals surface area contributed by atoms with Crippen molar-refractivity contribution in [2.24, 2.45) is 0 Å². The topological polar surface area (TPSA) is 71.2 Å². The largest absolute Gasteiger partial charge is 0.481 e. The molecule has 2 heterocycles. The molecule has 1 fully saturated rings. The van der Waals surface area contributed by atoms with Crippen molar-refractivity contribution < 1.29 is 9.90 Å². The van der Waals surface area contributed by atoms with Gasteiger partial charge in [0, 0.05) is 12.6 Å². The van der Waals surface area contributed by atoms with Gasteiger partial charge in [-0.1, -0.05) is 11.8 Å². The quantitative estimate of drug-likeness (QED) is 0.781. The maximum atomic E-state index is 10.6. The first-order chi connectivity index (χ1) is 8.66. The number of carbonyl (C=O) groups is 1. The van der Waals surface area contributed by atoms with Gasteiger partial charge in [0.05, 0.1) is 5.75 Å². The lowest BCUT2D eigenvalue weighted by molar-refractivity contribution is -0.133. The normalized spacial score (nSPS) is 18.1. The van der Waals surface area contributed by atoms with Crippen LogP contribution >= 0.6 is 11.8 Å². The van der Waals surface area contributed by atoms with Gasteiger partial charge in [0.1, 0.15) is 6.33 Å². The Kier molecular flexibility index (Phi) is 4.60. The Hall–Kier alpha value is -1.08. The Labute approximate surface area is 110 Å². The highest BCUT2D eigenvalue weighted by atomic mass is 32.2. The van der Waals surface area contributed by atoms with Crippen LogP contribution in [0.4, 0.5) is 0 Å². The predicted molar refractivity (Wildman–Crippen MR) is 68.8 cm³/mol. The molecule has 1 aromatic rings. The molecule has 1 saturated heterocycles. The SMILES string of the molecule is CC(CN1CCCC1)n1cnnc1SCC(=O)O. The Balaban J connectivity index is 1.94. The molecule has 1 aliphatic heterocycles. The van der Waals surface area contributed by atoms with Crippen LogP contribution in [0.5, 0.6) is 0 Å². The summed E-state index contributed by atoms with van der Waals surface area (Å²) >= 11 is 1.22. The lowest BCUT2D eigenvalue weighted by Gasteiger charge is -2.21. The monoisotopic (exact) mass is 270 g/mol. The molecule has 0 amide bonds. The van der Waals surface area contributed by atoms with Crippen molar-refractivity contribution >= 4 is 17.7 Å². The number of hydrogen-bond donors (Lipinski definition) is 1. The summed E-state index contributed by atoms with van der Waals surface area (Å²) in [6.45, 7) is 5.40. The van der Waals surface area contributed by atoms with Crippen molar-refractivity contribution in [2.75, 3.05) is 25.4 Å². The van der Waals surface area contributed by atoms with E-state index < -0.39 is 5.97 Å². The smallest absolute Gasteiger partial charge is 0.313 e. The molecule has 0 radical (unpaired) electrons. The van der Waals surface area contributed by atoms with E-state index in [0.717, 1.165) is 19.6 Å². The van der Waals surface area contributed by atoms with Crippen molar-refractivity contribution in [1.29, 1.82) is 0 Å². The molecule has 0 aliphatic carbocycles. The van der Waals surface area contributed by atoms with Crippen molar-refractivity contribution in [3.8, 4) is 0 Å². The molecule has 1 aliphatic rings. The van der Waals surface area contributed by atoms with Crippen LogP contribution in [0.25, 0.3) is 0 Å². The molecule has 0 aromatic carbocycles. The molecule has 100 valence electrons. The van der Waals surface area contributed by atoms with Crippen LogP contribution in [0.1, 0.15) is 25.8 Å². The average molecular weight is 270 g/mol. The van der Waals surface area contributed by atoms with E-state index in [1.54, 1.807) is 6.33 Å². The second kappa shape index (κ2) is 6.19. The molecule has 1 aromatic heterocycles. The summed E-state index contributed by atoms with van der Waals surface area (Å²) in [5.41, 5.74) is 0. The number of likely N-dealkylation sites (tertiary alicyclic amines) is 1. The van der Waals surface area contributed by atoms with Gasteiger partial charge in [-0.15, -0.1) is 10.2 Å². The Morgan fingerprint density at radius 1 is 1.56 bits per heavy atom. The number of thioether (sulfide) groups is 1. The van der Waals surface area contributed by atoms with E-state index in [1.165, 1.54) is 24.6 Å². The number of nitrogens with zero attached hydrogens (tertiary/aromatic N) is 4. The summed E-state index contributed by atoms with van der Waals surface area (Å²) in [5.74, 6) is -0.809. The summed E-state index contributed by atoms with van der Waals surface area (Å²) in [6.07, 6.45) is 4.23. The van der Waals surface area contributed by atoms with Crippen LogP contribution in [0.3, 0.4) is 0 Å². The van der Waals surface area contributed by atoms with Gasteiger partial charge in [0.15, 0.2) is 5.16 Å².